The second-order valence-electron chi connectivity index (χ2n) is 4.24. The van der Waals surface area contributed by atoms with E-state index in [0.717, 1.165) is 12.8 Å². The number of hydrogen-bond acceptors (Lipinski definition) is 3. The minimum Gasteiger partial charge on any atom is -0.349 e. The smallest absolute Gasteiger partial charge is 0.271 e. The largest absolute Gasteiger partial charge is 0.349 e. The van der Waals surface area contributed by atoms with Gasteiger partial charge >= 0.3 is 0 Å². The number of carbonyl (C=O) groups excluding carboxylic acids is 1. The van der Waals surface area contributed by atoms with Crippen molar-refractivity contribution in [3.8, 4) is 0 Å². The molecule has 1 heterocycles. The van der Waals surface area contributed by atoms with Gasteiger partial charge in [-0.15, -0.1) is 0 Å². The Kier molecular flexibility index (Phi) is 6.43. The molecule has 19 heavy (non-hydrogen) atoms. The molecule has 0 aliphatic heterocycles. The topological polar surface area (TPSA) is 42.0 Å². The number of nitrogens with zero attached hydrogens (tertiary/aromatic N) is 1. The zero-order chi connectivity index (χ0) is 14.5. The molecule has 0 saturated carbocycles. The predicted octanol–water partition coefficient (Wildman–Crippen LogP) is 4.04. The van der Waals surface area contributed by atoms with Crippen LogP contribution in [-0.4, -0.2) is 28.4 Å². The molecule has 0 aromatic carbocycles. The van der Waals surface area contributed by atoms with Gasteiger partial charge in [0.1, 0.15) is 10.8 Å². The van der Waals surface area contributed by atoms with Crippen LogP contribution < -0.4 is 5.32 Å². The Hall–Kier alpha value is -0.450. The fourth-order valence-corrected chi connectivity index (χ4v) is 2.90. The lowest BCUT2D eigenvalue weighted by atomic mass is 10.0. The molecule has 0 atom stereocenters. The van der Waals surface area contributed by atoms with Gasteiger partial charge in [0.25, 0.3) is 5.91 Å². The monoisotopic (exact) mass is 320 g/mol. The van der Waals surface area contributed by atoms with Gasteiger partial charge in [-0.3, -0.25) is 4.79 Å². The highest BCUT2D eigenvalue weighted by atomic mass is 35.5. The van der Waals surface area contributed by atoms with Crippen LogP contribution in [0.3, 0.4) is 0 Å². The number of halogens is 2. The van der Waals surface area contributed by atoms with Crippen molar-refractivity contribution >= 4 is 40.9 Å². The molecule has 1 N–H and O–H groups in total. The number of amides is 1. The SMILES string of the molecule is CCC(CC)(CNC(=O)c1nc(Cl)ccc1Cl)SC. The van der Waals surface area contributed by atoms with Crippen molar-refractivity contribution in [1.29, 1.82) is 0 Å². The maximum atomic E-state index is 12.1. The molecule has 3 nitrogen and oxygen atoms in total. The van der Waals surface area contributed by atoms with Gasteiger partial charge < -0.3 is 5.32 Å². The van der Waals surface area contributed by atoms with Crippen LogP contribution in [0.25, 0.3) is 0 Å². The average molecular weight is 321 g/mol. The molecule has 0 radical (unpaired) electrons. The molecule has 6 heteroatoms. The zero-order valence-electron chi connectivity index (χ0n) is 11.3. The predicted molar refractivity (Wildman–Crippen MR) is 83.4 cm³/mol. The molecule has 1 aromatic rings. The molecule has 1 amide bonds. The highest BCUT2D eigenvalue weighted by Gasteiger charge is 2.26. The zero-order valence-corrected chi connectivity index (χ0v) is 13.6. The molecular formula is C13H18Cl2N2OS. The fourth-order valence-electron chi connectivity index (χ4n) is 1.76. The molecule has 0 aliphatic rings. The molecule has 106 valence electrons. The Labute approximate surface area is 128 Å². The molecule has 0 saturated heterocycles. The first kappa shape index (κ1) is 16.6. The van der Waals surface area contributed by atoms with E-state index in [1.54, 1.807) is 23.9 Å². The van der Waals surface area contributed by atoms with Gasteiger partial charge in [-0.05, 0) is 31.2 Å². The van der Waals surface area contributed by atoms with Gasteiger partial charge in [0.2, 0.25) is 0 Å². The summed E-state index contributed by atoms with van der Waals surface area (Å²) in [5, 5.41) is 3.47. The highest BCUT2D eigenvalue weighted by molar-refractivity contribution is 8.00. The molecular weight excluding hydrogens is 303 g/mol. The third-order valence-corrected chi connectivity index (χ3v) is 5.42. The first-order valence-corrected chi connectivity index (χ1v) is 8.11. The number of nitrogens with one attached hydrogen (secondary N) is 1. The van der Waals surface area contributed by atoms with Crippen molar-refractivity contribution < 1.29 is 4.79 Å². The first-order chi connectivity index (χ1) is 8.98. The van der Waals surface area contributed by atoms with Crippen LogP contribution in [0, 0.1) is 0 Å². The summed E-state index contributed by atoms with van der Waals surface area (Å²) in [4.78, 5) is 16.1. The van der Waals surface area contributed by atoms with E-state index in [9.17, 15) is 4.79 Å². The molecule has 0 unspecified atom stereocenters. The van der Waals surface area contributed by atoms with Gasteiger partial charge in [-0.25, -0.2) is 4.98 Å². The lowest BCUT2D eigenvalue weighted by molar-refractivity contribution is 0.0944. The first-order valence-electron chi connectivity index (χ1n) is 6.13. The van der Waals surface area contributed by atoms with Crippen LogP contribution in [0.4, 0.5) is 0 Å². The number of hydrogen-bond donors (Lipinski definition) is 1. The van der Waals surface area contributed by atoms with Gasteiger partial charge in [0, 0.05) is 11.3 Å². The second kappa shape index (κ2) is 7.36. The maximum absolute atomic E-state index is 12.1. The van der Waals surface area contributed by atoms with Gasteiger partial charge in [-0.1, -0.05) is 37.0 Å². The van der Waals surface area contributed by atoms with Crippen LogP contribution in [0.15, 0.2) is 12.1 Å². The molecule has 1 rings (SSSR count). The molecule has 0 bridgehead atoms. The summed E-state index contributed by atoms with van der Waals surface area (Å²) in [6.45, 7) is 4.83. The van der Waals surface area contributed by atoms with Crippen molar-refractivity contribution in [2.75, 3.05) is 12.8 Å². The number of pyridine rings is 1. The Morgan fingerprint density at radius 3 is 2.53 bits per heavy atom. The number of thioether (sulfide) groups is 1. The van der Waals surface area contributed by atoms with E-state index >= 15 is 0 Å². The molecule has 1 aromatic heterocycles. The summed E-state index contributed by atoms with van der Waals surface area (Å²) in [5.74, 6) is -0.284. The van der Waals surface area contributed by atoms with E-state index in [-0.39, 0.29) is 21.5 Å². The average Bonchev–Trinajstić information content (AvgIpc) is 2.43. The van der Waals surface area contributed by atoms with Crippen molar-refractivity contribution in [2.45, 2.75) is 31.4 Å². The van der Waals surface area contributed by atoms with Crippen molar-refractivity contribution in [3.05, 3.63) is 28.0 Å². The lowest BCUT2D eigenvalue weighted by Gasteiger charge is -2.29. The van der Waals surface area contributed by atoms with Crippen LogP contribution >= 0.6 is 35.0 Å². The van der Waals surface area contributed by atoms with E-state index in [1.165, 1.54) is 0 Å². The van der Waals surface area contributed by atoms with Gasteiger partial charge in [0.05, 0.1) is 5.02 Å². The summed E-state index contributed by atoms with van der Waals surface area (Å²) < 4.78 is 0.0563. The number of aromatic nitrogens is 1. The Morgan fingerprint density at radius 1 is 1.37 bits per heavy atom. The third kappa shape index (κ3) is 4.26. The summed E-state index contributed by atoms with van der Waals surface area (Å²) in [6.07, 6.45) is 4.03. The molecule has 0 fully saturated rings. The third-order valence-electron chi connectivity index (χ3n) is 3.32. The fraction of sp³-hybridized carbons (Fsp3) is 0.538. The van der Waals surface area contributed by atoms with Crippen LogP contribution in [0.5, 0.6) is 0 Å². The standard InChI is InChI=1S/C13H18Cl2N2OS/c1-4-13(5-2,19-3)8-16-12(18)11-9(14)6-7-10(15)17-11/h6-7H,4-5,8H2,1-3H3,(H,16,18). The summed E-state index contributed by atoms with van der Waals surface area (Å²) in [6, 6.07) is 3.14. The molecule has 0 spiro atoms. The van der Waals surface area contributed by atoms with Gasteiger partial charge in [-0.2, -0.15) is 11.8 Å². The Balaban J connectivity index is 2.77. The van der Waals surface area contributed by atoms with E-state index < -0.39 is 0 Å². The van der Waals surface area contributed by atoms with Crippen LogP contribution in [0.1, 0.15) is 37.2 Å². The number of carbonyl (C=O) groups is 1. The maximum Gasteiger partial charge on any atom is 0.271 e. The van der Waals surface area contributed by atoms with Crippen LogP contribution in [0.2, 0.25) is 10.2 Å². The summed E-state index contributed by atoms with van der Waals surface area (Å²) in [7, 11) is 0. The highest BCUT2D eigenvalue weighted by Crippen LogP contribution is 2.29. The van der Waals surface area contributed by atoms with E-state index in [4.69, 9.17) is 23.2 Å². The van der Waals surface area contributed by atoms with Gasteiger partial charge in [0.15, 0.2) is 0 Å². The summed E-state index contributed by atoms with van der Waals surface area (Å²) >= 11 is 13.5. The van der Waals surface area contributed by atoms with Crippen molar-refractivity contribution in [1.82, 2.24) is 10.3 Å². The second-order valence-corrected chi connectivity index (χ2v) is 6.31. The minimum atomic E-state index is -0.284. The lowest BCUT2D eigenvalue weighted by Crippen LogP contribution is -2.40. The summed E-state index contributed by atoms with van der Waals surface area (Å²) in [5.41, 5.74) is 0.177. The number of rotatable bonds is 6. The quantitative estimate of drug-likeness (QED) is 0.804. The van der Waals surface area contributed by atoms with Crippen LogP contribution in [-0.2, 0) is 0 Å². The minimum absolute atomic E-state index is 0.0563. The normalized spacial score (nSPS) is 11.4. The van der Waals surface area contributed by atoms with E-state index in [0.29, 0.717) is 11.6 Å². The molecule has 0 aliphatic carbocycles. The van der Waals surface area contributed by atoms with E-state index in [2.05, 4.69) is 30.4 Å². The van der Waals surface area contributed by atoms with E-state index in [1.807, 2.05) is 0 Å². The van der Waals surface area contributed by atoms with Crippen molar-refractivity contribution in [2.24, 2.45) is 0 Å². The van der Waals surface area contributed by atoms with Crippen molar-refractivity contribution in [3.63, 3.8) is 0 Å². The Morgan fingerprint density at radius 2 is 2.00 bits per heavy atom. The Bertz CT molecular complexity index is 442.